The molecule has 32 heavy (non-hydrogen) atoms. The van der Waals surface area contributed by atoms with E-state index in [9.17, 15) is 13.2 Å². The average molecular weight is 467 g/mol. The molecule has 2 aliphatic heterocycles. The molecule has 0 saturated carbocycles. The Bertz CT molecular complexity index is 836. The van der Waals surface area contributed by atoms with Crippen molar-refractivity contribution < 1.29 is 17.9 Å². The van der Waals surface area contributed by atoms with E-state index in [1.165, 1.54) is 4.31 Å². The summed E-state index contributed by atoms with van der Waals surface area (Å²) in [5.41, 5.74) is 1.14. The normalized spacial score (nSPS) is 21.1. The summed E-state index contributed by atoms with van der Waals surface area (Å²) in [6.07, 6.45) is 1.96. The second-order valence-corrected chi connectivity index (χ2v) is 11.1. The number of morpholine rings is 1. The van der Waals surface area contributed by atoms with Gasteiger partial charge < -0.3 is 15.0 Å². The smallest absolute Gasteiger partial charge is 0.317 e. The van der Waals surface area contributed by atoms with Gasteiger partial charge in [-0.05, 0) is 30.0 Å². The largest absolute Gasteiger partial charge is 0.374 e. The molecular weight excluding hydrogens is 428 g/mol. The van der Waals surface area contributed by atoms with Crippen molar-refractivity contribution in [1.82, 2.24) is 19.4 Å². The first-order chi connectivity index (χ1) is 15.3. The van der Waals surface area contributed by atoms with E-state index in [2.05, 4.69) is 31.0 Å². The van der Waals surface area contributed by atoms with E-state index in [4.69, 9.17) is 4.74 Å². The number of sulfonamides is 1. The Morgan fingerprint density at radius 3 is 2.44 bits per heavy atom. The molecular formula is C23H38N4O4S. The van der Waals surface area contributed by atoms with E-state index >= 15 is 0 Å². The summed E-state index contributed by atoms with van der Waals surface area (Å²) in [5, 5.41) is 2.97. The Kier molecular flexibility index (Phi) is 8.93. The first-order valence-electron chi connectivity index (χ1n) is 11.8. The van der Waals surface area contributed by atoms with E-state index < -0.39 is 10.0 Å². The lowest BCUT2D eigenvalue weighted by Gasteiger charge is -2.36. The second-order valence-electron chi connectivity index (χ2n) is 9.12. The van der Waals surface area contributed by atoms with Crippen molar-refractivity contribution >= 4 is 16.1 Å². The van der Waals surface area contributed by atoms with Crippen LogP contribution in [0.3, 0.4) is 0 Å². The molecule has 2 heterocycles. The fourth-order valence-electron chi connectivity index (χ4n) is 4.30. The number of hydrogen-bond donors (Lipinski definition) is 1. The zero-order chi connectivity index (χ0) is 23.1. The van der Waals surface area contributed by atoms with Crippen LogP contribution in [0.25, 0.3) is 0 Å². The molecule has 0 spiro atoms. The monoisotopic (exact) mass is 466 g/mol. The molecule has 0 unspecified atom stereocenters. The number of amides is 2. The fourth-order valence-corrected chi connectivity index (χ4v) is 5.72. The van der Waals surface area contributed by atoms with Crippen LogP contribution in [0.1, 0.15) is 32.8 Å². The number of carbonyl (C=O) groups excluding carboxylic acids is 1. The Morgan fingerprint density at radius 1 is 1.12 bits per heavy atom. The van der Waals surface area contributed by atoms with Gasteiger partial charge in [0, 0.05) is 52.4 Å². The molecule has 2 amide bonds. The van der Waals surface area contributed by atoms with Gasteiger partial charge in [0.05, 0.1) is 17.6 Å². The van der Waals surface area contributed by atoms with Crippen LogP contribution in [0.2, 0.25) is 0 Å². The number of carbonyl (C=O) groups is 1. The van der Waals surface area contributed by atoms with Gasteiger partial charge in [-0.2, -0.15) is 4.31 Å². The maximum absolute atomic E-state index is 13.0. The van der Waals surface area contributed by atoms with Gasteiger partial charge in [-0.25, -0.2) is 13.2 Å². The molecule has 0 aliphatic carbocycles. The first-order valence-corrected chi connectivity index (χ1v) is 13.2. The molecule has 2 fully saturated rings. The maximum Gasteiger partial charge on any atom is 0.317 e. The Morgan fingerprint density at radius 2 is 1.81 bits per heavy atom. The van der Waals surface area contributed by atoms with Crippen LogP contribution in [0.15, 0.2) is 29.2 Å². The van der Waals surface area contributed by atoms with Crippen LogP contribution in [-0.4, -0.2) is 93.6 Å². The van der Waals surface area contributed by atoms with Crippen molar-refractivity contribution in [3.8, 4) is 0 Å². The summed E-state index contributed by atoms with van der Waals surface area (Å²) < 4.78 is 33.2. The molecule has 9 heteroatoms. The third-order valence-electron chi connectivity index (χ3n) is 5.95. The van der Waals surface area contributed by atoms with Crippen molar-refractivity contribution in [3.05, 3.63) is 29.8 Å². The summed E-state index contributed by atoms with van der Waals surface area (Å²) >= 11 is 0. The summed E-state index contributed by atoms with van der Waals surface area (Å²) in [4.78, 5) is 17.0. The number of nitrogens with zero attached hydrogens (tertiary/aromatic N) is 3. The maximum atomic E-state index is 13.0. The number of hydrogen-bond acceptors (Lipinski definition) is 5. The van der Waals surface area contributed by atoms with E-state index in [0.29, 0.717) is 50.1 Å². The highest BCUT2D eigenvalue weighted by Gasteiger charge is 2.30. The highest BCUT2D eigenvalue weighted by Crippen LogP contribution is 2.19. The molecule has 2 aliphatic rings. The second kappa shape index (κ2) is 11.4. The number of ether oxygens (including phenoxy) is 1. The molecule has 1 N–H and O–H groups in total. The number of piperazine rings is 1. The van der Waals surface area contributed by atoms with Crippen LogP contribution in [0.5, 0.6) is 0 Å². The minimum absolute atomic E-state index is 0.0104. The lowest BCUT2D eigenvalue weighted by Crippen LogP contribution is -2.55. The first kappa shape index (κ1) is 25.0. The molecule has 1 aromatic carbocycles. The van der Waals surface area contributed by atoms with E-state index in [-0.39, 0.29) is 12.1 Å². The SMILES string of the molecule is CCCc1ccc(S(=O)(=O)N2CCN(C(=O)NC[C@@H]3CN(CC(C)C)CCO3)CC2)cc1. The van der Waals surface area contributed by atoms with Gasteiger partial charge in [-0.15, -0.1) is 0 Å². The van der Waals surface area contributed by atoms with Gasteiger partial charge in [-0.1, -0.05) is 39.3 Å². The molecule has 3 rings (SSSR count). The lowest BCUT2D eigenvalue weighted by molar-refractivity contribution is -0.0294. The van der Waals surface area contributed by atoms with E-state index in [0.717, 1.165) is 38.0 Å². The highest BCUT2D eigenvalue weighted by atomic mass is 32.2. The Labute approximate surface area is 192 Å². The highest BCUT2D eigenvalue weighted by molar-refractivity contribution is 7.89. The molecule has 0 aromatic heterocycles. The van der Waals surface area contributed by atoms with Crippen molar-refractivity contribution in [1.29, 1.82) is 0 Å². The predicted octanol–water partition coefficient (Wildman–Crippen LogP) is 2.01. The summed E-state index contributed by atoms with van der Waals surface area (Å²) in [6, 6.07) is 6.99. The van der Waals surface area contributed by atoms with Gasteiger partial charge in [-0.3, -0.25) is 4.90 Å². The third-order valence-corrected chi connectivity index (χ3v) is 7.87. The van der Waals surface area contributed by atoms with E-state index in [1.807, 2.05) is 12.1 Å². The number of aryl methyl sites for hydroxylation is 1. The minimum Gasteiger partial charge on any atom is -0.374 e. The van der Waals surface area contributed by atoms with Crippen molar-refractivity contribution in [2.45, 2.75) is 44.6 Å². The number of rotatable bonds is 8. The zero-order valence-corrected chi connectivity index (χ0v) is 20.4. The topological polar surface area (TPSA) is 82.2 Å². The third kappa shape index (κ3) is 6.66. The van der Waals surface area contributed by atoms with Crippen molar-refractivity contribution in [3.63, 3.8) is 0 Å². The summed E-state index contributed by atoms with van der Waals surface area (Å²) in [7, 11) is -3.54. The van der Waals surface area contributed by atoms with Gasteiger partial charge in [0.25, 0.3) is 0 Å². The summed E-state index contributed by atoms with van der Waals surface area (Å²) in [6.45, 7) is 11.8. The molecule has 2 saturated heterocycles. The minimum atomic E-state index is -3.54. The standard InChI is InChI=1S/C23H38N4O4S/c1-4-5-20-6-8-22(9-7-20)32(29,30)27-12-10-26(11-13-27)23(28)24-16-21-18-25(14-15-31-21)17-19(2)3/h6-9,19,21H,4-5,10-18H2,1-3H3,(H,24,28)/t21-/m1/s1. The Balaban J connectivity index is 1.46. The van der Waals surface area contributed by atoms with Crippen LogP contribution in [-0.2, 0) is 21.2 Å². The average Bonchev–Trinajstić information content (AvgIpc) is 2.78. The molecule has 8 nitrogen and oxygen atoms in total. The van der Waals surface area contributed by atoms with Crippen LogP contribution in [0.4, 0.5) is 4.79 Å². The van der Waals surface area contributed by atoms with E-state index in [1.54, 1.807) is 17.0 Å². The van der Waals surface area contributed by atoms with Crippen molar-refractivity contribution in [2.75, 3.05) is 59.0 Å². The predicted molar refractivity (Wildman–Crippen MR) is 125 cm³/mol. The number of urea groups is 1. The van der Waals surface area contributed by atoms with Crippen LogP contribution in [0, 0.1) is 5.92 Å². The van der Waals surface area contributed by atoms with Gasteiger partial charge in [0.15, 0.2) is 0 Å². The Hall–Kier alpha value is -1.68. The number of benzene rings is 1. The molecule has 0 radical (unpaired) electrons. The quantitative estimate of drug-likeness (QED) is 0.634. The van der Waals surface area contributed by atoms with Crippen LogP contribution >= 0.6 is 0 Å². The molecule has 0 bridgehead atoms. The summed E-state index contributed by atoms with van der Waals surface area (Å²) in [5.74, 6) is 0.602. The van der Waals surface area contributed by atoms with Crippen molar-refractivity contribution in [2.24, 2.45) is 5.92 Å². The molecule has 1 aromatic rings. The van der Waals surface area contributed by atoms with Gasteiger partial charge in [0.2, 0.25) is 10.0 Å². The zero-order valence-electron chi connectivity index (χ0n) is 19.6. The molecule has 180 valence electrons. The fraction of sp³-hybridized carbons (Fsp3) is 0.696. The number of nitrogens with one attached hydrogen (secondary N) is 1. The lowest BCUT2D eigenvalue weighted by atomic mass is 10.1. The molecule has 1 atom stereocenters. The van der Waals surface area contributed by atoms with Crippen LogP contribution < -0.4 is 5.32 Å². The van der Waals surface area contributed by atoms with Gasteiger partial charge in [0.1, 0.15) is 0 Å². The van der Waals surface area contributed by atoms with Gasteiger partial charge >= 0.3 is 6.03 Å².